The molecule has 0 aliphatic carbocycles. The van der Waals surface area contributed by atoms with Crippen molar-refractivity contribution >= 4 is 17.8 Å². The van der Waals surface area contributed by atoms with Gasteiger partial charge < -0.3 is 5.11 Å². The number of carbonyl (C=O) groups is 3. The molecular weight excluding hydrogens is 226 g/mol. The average Bonchev–Trinajstić information content (AvgIpc) is 2.34. The number of pyridine rings is 1. The number of hydrogen-bond acceptors (Lipinski definition) is 4. The summed E-state index contributed by atoms with van der Waals surface area (Å²) in [6.07, 6.45) is 4.27. The monoisotopic (exact) mass is 235 g/mol. The second-order valence-corrected chi connectivity index (χ2v) is 2.86. The summed E-state index contributed by atoms with van der Waals surface area (Å²) in [7, 11) is 0. The number of hydrazine groups is 1. The first-order chi connectivity index (χ1) is 8.09. The molecule has 7 nitrogen and oxygen atoms in total. The average molecular weight is 235 g/mol. The van der Waals surface area contributed by atoms with Crippen molar-refractivity contribution in [1.82, 2.24) is 15.8 Å². The van der Waals surface area contributed by atoms with Gasteiger partial charge in [0.1, 0.15) is 0 Å². The molecule has 1 aromatic heterocycles. The van der Waals surface area contributed by atoms with Crippen LogP contribution < -0.4 is 10.9 Å². The Morgan fingerprint density at radius 3 is 2.59 bits per heavy atom. The number of rotatable bonds is 3. The lowest BCUT2D eigenvalue weighted by molar-refractivity contribution is -0.131. The van der Waals surface area contributed by atoms with E-state index in [-0.39, 0.29) is 5.56 Å². The maximum Gasteiger partial charge on any atom is 0.328 e. The molecule has 0 saturated heterocycles. The van der Waals surface area contributed by atoms with E-state index in [1.807, 2.05) is 5.43 Å². The third kappa shape index (κ3) is 4.56. The van der Waals surface area contributed by atoms with Gasteiger partial charge in [-0.15, -0.1) is 0 Å². The van der Waals surface area contributed by atoms with Gasteiger partial charge in [0.2, 0.25) is 0 Å². The molecule has 7 heteroatoms. The number of carboxylic acids is 1. The summed E-state index contributed by atoms with van der Waals surface area (Å²) in [6, 6.07) is 3.09. The van der Waals surface area contributed by atoms with Gasteiger partial charge >= 0.3 is 5.97 Å². The Balaban J connectivity index is 2.44. The third-order valence-corrected chi connectivity index (χ3v) is 1.60. The second kappa shape index (κ2) is 6.01. The van der Waals surface area contributed by atoms with E-state index < -0.39 is 17.8 Å². The predicted molar refractivity (Wildman–Crippen MR) is 56.6 cm³/mol. The van der Waals surface area contributed by atoms with Crippen LogP contribution in [-0.4, -0.2) is 27.9 Å². The SMILES string of the molecule is O=C(O)/C=C\C(=O)NNC(=O)c1cccnc1. The van der Waals surface area contributed by atoms with Crippen LogP contribution in [-0.2, 0) is 9.59 Å². The summed E-state index contributed by atoms with van der Waals surface area (Å²) in [5, 5.41) is 8.26. The highest BCUT2D eigenvalue weighted by Gasteiger charge is 2.05. The van der Waals surface area contributed by atoms with Gasteiger partial charge in [0.25, 0.3) is 11.8 Å². The number of aromatic nitrogens is 1. The second-order valence-electron chi connectivity index (χ2n) is 2.86. The Morgan fingerprint density at radius 2 is 2.00 bits per heavy atom. The van der Waals surface area contributed by atoms with Crippen molar-refractivity contribution in [3.8, 4) is 0 Å². The molecule has 2 amide bonds. The minimum Gasteiger partial charge on any atom is -0.478 e. The van der Waals surface area contributed by atoms with Crippen molar-refractivity contribution in [3.63, 3.8) is 0 Å². The van der Waals surface area contributed by atoms with E-state index in [0.29, 0.717) is 6.08 Å². The number of carboxylic acid groups (broad SMARTS) is 1. The third-order valence-electron chi connectivity index (χ3n) is 1.60. The first-order valence-electron chi connectivity index (χ1n) is 4.51. The Hall–Kier alpha value is -2.70. The van der Waals surface area contributed by atoms with Crippen LogP contribution in [0, 0.1) is 0 Å². The van der Waals surface area contributed by atoms with E-state index >= 15 is 0 Å². The van der Waals surface area contributed by atoms with Gasteiger partial charge in [-0.3, -0.25) is 25.4 Å². The normalized spacial score (nSPS) is 9.88. The molecule has 0 atom stereocenters. The fourth-order valence-corrected chi connectivity index (χ4v) is 0.876. The number of nitrogens with one attached hydrogen (secondary N) is 2. The number of amides is 2. The zero-order chi connectivity index (χ0) is 12.7. The van der Waals surface area contributed by atoms with Gasteiger partial charge in [-0.25, -0.2) is 4.79 Å². The highest BCUT2D eigenvalue weighted by Crippen LogP contribution is 1.93. The van der Waals surface area contributed by atoms with Crippen molar-refractivity contribution in [2.24, 2.45) is 0 Å². The lowest BCUT2D eigenvalue weighted by Crippen LogP contribution is -2.40. The molecule has 88 valence electrons. The van der Waals surface area contributed by atoms with Gasteiger partial charge in [-0.05, 0) is 12.1 Å². The summed E-state index contributed by atoms with van der Waals surface area (Å²) < 4.78 is 0. The highest BCUT2D eigenvalue weighted by molar-refractivity contribution is 5.98. The van der Waals surface area contributed by atoms with Crippen LogP contribution in [0.5, 0.6) is 0 Å². The van der Waals surface area contributed by atoms with Crippen molar-refractivity contribution < 1.29 is 19.5 Å². The van der Waals surface area contributed by atoms with E-state index in [1.165, 1.54) is 18.5 Å². The van der Waals surface area contributed by atoms with Gasteiger partial charge in [0, 0.05) is 24.5 Å². The van der Waals surface area contributed by atoms with Crippen molar-refractivity contribution in [2.45, 2.75) is 0 Å². The van der Waals surface area contributed by atoms with Crippen LogP contribution in [0.15, 0.2) is 36.7 Å². The summed E-state index contributed by atoms with van der Waals surface area (Å²) in [4.78, 5) is 36.2. The first kappa shape index (κ1) is 12.4. The molecule has 0 unspecified atom stereocenters. The van der Waals surface area contributed by atoms with Crippen molar-refractivity contribution in [1.29, 1.82) is 0 Å². The smallest absolute Gasteiger partial charge is 0.328 e. The molecule has 1 heterocycles. The van der Waals surface area contributed by atoms with Crippen molar-refractivity contribution in [2.75, 3.05) is 0 Å². The van der Waals surface area contributed by atoms with Gasteiger partial charge in [-0.1, -0.05) is 0 Å². The molecule has 0 aromatic carbocycles. The molecule has 0 fully saturated rings. The minimum atomic E-state index is -1.25. The quantitative estimate of drug-likeness (QED) is 0.482. The topological polar surface area (TPSA) is 108 Å². The van der Waals surface area contributed by atoms with E-state index in [1.54, 1.807) is 6.07 Å². The van der Waals surface area contributed by atoms with Crippen molar-refractivity contribution in [3.05, 3.63) is 42.2 Å². The number of aliphatic carboxylic acids is 1. The summed E-state index contributed by atoms with van der Waals surface area (Å²) in [6.45, 7) is 0. The Bertz CT molecular complexity index is 456. The van der Waals surface area contributed by atoms with E-state index in [2.05, 4.69) is 10.4 Å². The van der Waals surface area contributed by atoms with E-state index in [0.717, 1.165) is 6.08 Å². The number of nitrogens with zero attached hydrogens (tertiary/aromatic N) is 1. The minimum absolute atomic E-state index is 0.273. The maximum absolute atomic E-state index is 11.4. The molecule has 3 N–H and O–H groups in total. The molecule has 17 heavy (non-hydrogen) atoms. The van der Waals surface area contributed by atoms with E-state index in [4.69, 9.17) is 5.11 Å². The Labute approximate surface area is 96.1 Å². The van der Waals surface area contributed by atoms with Gasteiger partial charge in [0.15, 0.2) is 0 Å². The van der Waals surface area contributed by atoms with Gasteiger partial charge in [-0.2, -0.15) is 0 Å². The van der Waals surface area contributed by atoms with Crippen LogP contribution in [0.1, 0.15) is 10.4 Å². The lowest BCUT2D eigenvalue weighted by Gasteiger charge is -2.04. The lowest BCUT2D eigenvalue weighted by atomic mass is 10.3. The maximum atomic E-state index is 11.4. The first-order valence-corrected chi connectivity index (χ1v) is 4.51. The molecule has 0 bridgehead atoms. The molecule has 0 spiro atoms. The largest absolute Gasteiger partial charge is 0.478 e. The summed E-state index contributed by atoms with van der Waals surface area (Å²) in [5.74, 6) is -2.54. The Morgan fingerprint density at radius 1 is 1.24 bits per heavy atom. The molecule has 0 radical (unpaired) electrons. The van der Waals surface area contributed by atoms with Crippen LogP contribution in [0.4, 0.5) is 0 Å². The fraction of sp³-hybridized carbons (Fsp3) is 0. The molecular formula is C10H9N3O4. The summed E-state index contributed by atoms with van der Waals surface area (Å²) >= 11 is 0. The fourth-order valence-electron chi connectivity index (χ4n) is 0.876. The Kier molecular flexibility index (Phi) is 4.37. The highest BCUT2D eigenvalue weighted by atomic mass is 16.4. The van der Waals surface area contributed by atoms with Crippen LogP contribution in [0.3, 0.4) is 0 Å². The molecule has 1 rings (SSSR count). The molecule has 0 saturated carbocycles. The number of hydrogen-bond donors (Lipinski definition) is 3. The van der Waals surface area contributed by atoms with Gasteiger partial charge in [0.05, 0.1) is 5.56 Å². The predicted octanol–water partition coefficient (Wildman–Crippen LogP) is -0.517. The van der Waals surface area contributed by atoms with Crippen LogP contribution in [0.25, 0.3) is 0 Å². The molecule has 0 aliphatic rings. The molecule has 1 aromatic rings. The zero-order valence-electron chi connectivity index (χ0n) is 8.58. The van der Waals surface area contributed by atoms with Crippen LogP contribution in [0.2, 0.25) is 0 Å². The number of carbonyl (C=O) groups excluding carboxylic acids is 2. The zero-order valence-corrected chi connectivity index (χ0v) is 8.58. The molecule has 0 aliphatic heterocycles. The summed E-state index contributed by atoms with van der Waals surface area (Å²) in [5.41, 5.74) is 4.39. The van der Waals surface area contributed by atoms with E-state index in [9.17, 15) is 14.4 Å². The van der Waals surface area contributed by atoms with Crippen LogP contribution >= 0.6 is 0 Å². The standard InChI is InChI=1S/C10H9N3O4/c14-8(3-4-9(15)16)12-13-10(17)7-2-1-5-11-6-7/h1-6H,(H,12,14)(H,13,17)(H,15,16)/b4-3-.